The number of piperidine rings is 1. The van der Waals surface area contributed by atoms with Gasteiger partial charge in [0.25, 0.3) is 5.91 Å². The summed E-state index contributed by atoms with van der Waals surface area (Å²) in [6.07, 6.45) is 5.39. The number of nitrogens with zero attached hydrogens (tertiary/aromatic N) is 5. The molecular formula is C24H32N6O3. The topological polar surface area (TPSA) is 100 Å². The number of carbonyl (C=O) groups is 3. The van der Waals surface area contributed by atoms with E-state index in [9.17, 15) is 14.4 Å². The van der Waals surface area contributed by atoms with Crippen LogP contribution in [0.2, 0.25) is 0 Å². The van der Waals surface area contributed by atoms with Gasteiger partial charge in [0.2, 0.25) is 11.8 Å². The van der Waals surface area contributed by atoms with Crippen LogP contribution >= 0.6 is 0 Å². The molecule has 0 aliphatic carbocycles. The minimum atomic E-state index is -0.111. The van der Waals surface area contributed by atoms with E-state index in [1.807, 2.05) is 37.9 Å². The quantitative estimate of drug-likeness (QED) is 0.742. The summed E-state index contributed by atoms with van der Waals surface area (Å²) in [6, 6.07) is 3.78. The number of aromatic nitrogens is 3. The molecule has 1 saturated heterocycles. The van der Waals surface area contributed by atoms with Crippen LogP contribution in [0.15, 0.2) is 24.5 Å². The van der Waals surface area contributed by atoms with Crippen molar-refractivity contribution in [2.45, 2.75) is 46.2 Å². The molecule has 1 N–H and O–H groups in total. The van der Waals surface area contributed by atoms with Crippen LogP contribution in [0, 0.1) is 11.8 Å². The summed E-state index contributed by atoms with van der Waals surface area (Å²) in [5.74, 6) is -0.182. The van der Waals surface area contributed by atoms with Crippen molar-refractivity contribution >= 4 is 17.7 Å². The van der Waals surface area contributed by atoms with Crippen LogP contribution in [-0.2, 0) is 36.1 Å². The summed E-state index contributed by atoms with van der Waals surface area (Å²) in [6.45, 7) is 6.35. The van der Waals surface area contributed by atoms with Crippen LogP contribution in [0.1, 0.15) is 54.0 Å². The van der Waals surface area contributed by atoms with Gasteiger partial charge in [-0.2, -0.15) is 5.10 Å². The molecule has 3 amide bonds. The molecule has 0 saturated carbocycles. The standard InChI is InChI=1S/C24H32N6O3/c1-16(2)23(32)30-12-8-20-19(15-30)21(27-28(20)3)24(33)29-10-6-18(7-11-29)22(31)26-14-17-5-4-9-25-13-17/h4-5,9,13,16,18H,6-8,10-12,14-15H2,1-3H3,(H,26,31). The van der Waals surface area contributed by atoms with E-state index in [0.29, 0.717) is 57.7 Å². The van der Waals surface area contributed by atoms with Crippen LogP contribution in [0.5, 0.6) is 0 Å². The van der Waals surface area contributed by atoms with Crippen molar-refractivity contribution in [3.05, 3.63) is 47.0 Å². The van der Waals surface area contributed by atoms with Crippen molar-refractivity contribution in [2.24, 2.45) is 18.9 Å². The van der Waals surface area contributed by atoms with Crippen LogP contribution in [0.25, 0.3) is 0 Å². The number of rotatable bonds is 5. The third-order valence-corrected chi connectivity index (χ3v) is 6.59. The Morgan fingerprint density at radius 2 is 1.91 bits per heavy atom. The average Bonchev–Trinajstić information content (AvgIpc) is 3.18. The molecule has 0 radical (unpaired) electrons. The van der Waals surface area contributed by atoms with Gasteiger partial charge in [0.15, 0.2) is 5.69 Å². The van der Waals surface area contributed by atoms with E-state index in [4.69, 9.17) is 0 Å². The highest BCUT2D eigenvalue weighted by molar-refractivity contribution is 5.94. The lowest BCUT2D eigenvalue weighted by Gasteiger charge is -2.32. The third kappa shape index (κ3) is 4.91. The van der Waals surface area contributed by atoms with Gasteiger partial charge in [-0.3, -0.25) is 24.0 Å². The first-order valence-corrected chi connectivity index (χ1v) is 11.6. The third-order valence-electron chi connectivity index (χ3n) is 6.59. The van der Waals surface area contributed by atoms with Crippen molar-refractivity contribution in [1.29, 1.82) is 0 Å². The van der Waals surface area contributed by atoms with E-state index in [2.05, 4.69) is 15.4 Å². The molecule has 176 valence electrons. The van der Waals surface area contributed by atoms with E-state index >= 15 is 0 Å². The van der Waals surface area contributed by atoms with Crippen LogP contribution in [0.3, 0.4) is 0 Å². The van der Waals surface area contributed by atoms with Crippen molar-refractivity contribution in [3.8, 4) is 0 Å². The minimum absolute atomic E-state index is 0.0176. The molecule has 0 bridgehead atoms. The number of fused-ring (bicyclic) bond motifs is 1. The van der Waals surface area contributed by atoms with Crippen LogP contribution in [0.4, 0.5) is 0 Å². The zero-order valence-electron chi connectivity index (χ0n) is 19.6. The molecule has 2 aliphatic rings. The Labute approximate surface area is 194 Å². The van der Waals surface area contributed by atoms with Gasteiger partial charge in [-0.05, 0) is 24.5 Å². The number of hydrogen-bond donors (Lipinski definition) is 1. The van der Waals surface area contributed by atoms with Gasteiger partial charge < -0.3 is 15.1 Å². The fourth-order valence-corrected chi connectivity index (χ4v) is 4.65. The Hall–Kier alpha value is -3.23. The molecular weight excluding hydrogens is 420 g/mol. The predicted molar refractivity (Wildman–Crippen MR) is 122 cm³/mol. The van der Waals surface area contributed by atoms with Gasteiger partial charge in [-0.15, -0.1) is 0 Å². The van der Waals surface area contributed by atoms with Crippen LogP contribution < -0.4 is 5.32 Å². The lowest BCUT2D eigenvalue weighted by molar-refractivity contribution is -0.135. The second kappa shape index (κ2) is 9.72. The van der Waals surface area contributed by atoms with Crippen molar-refractivity contribution in [1.82, 2.24) is 29.9 Å². The first-order chi connectivity index (χ1) is 15.8. The highest BCUT2D eigenvalue weighted by atomic mass is 16.2. The first kappa shape index (κ1) is 22.9. The number of aryl methyl sites for hydroxylation is 1. The van der Waals surface area contributed by atoms with Crippen molar-refractivity contribution in [2.75, 3.05) is 19.6 Å². The normalized spacial score (nSPS) is 16.6. The molecule has 2 aliphatic heterocycles. The smallest absolute Gasteiger partial charge is 0.274 e. The van der Waals surface area contributed by atoms with Gasteiger partial charge in [0, 0.05) is 81.7 Å². The monoisotopic (exact) mass is 452 g/mol. The maximum Gasteiger partial charge on any atom is 0.274 e. The average molecular weight is 453 g/mol. The first-order valence-electron chi connectivity index (χ1n) is 11.6. The van der Waals surface area contributed by atoms with Gasteiger partial charge in [0.05, 0.1) is 0 Å². The summed E-state index contributed by atoms with van der Waals surface area (Å²) in [4.78, 5) is 46.1. The molecule has 4 heterocycles. The minimum Gasteiger partial charge on any atom is -0.352 e. The maximum absolute atomic E-state index is 13.3. The van der Waals surface area contributed by atoms with Crippen LogP contribution in [-0.4, -0.2) is 61.9 Å². The maximum atomic E-state index is 13.3. The van der Waals surface area contributed by atoms with E-state index in [0.717, 1.165) is 16.8 Å². The van der Waals surface area contributed by atoms with Gasteiger partial charge >= 0.3 is 0 Å². The van der Waals surface area contributed by atoms with Crippen molar-refractivity contribution < 1.29 is 14.4 Å². The zero-order valence-corrected chi connectivity index (χ0v) is 19.6. The Kier molecular flexibility index (Phi) is 6.76. The summed E-state index contributed by atoms with van der Waals surface area (Å²) in [5, 5.41) is 7.50. The molecule has 2 aromatic heterocycles. The van der Waals surface area contributed by atoms with Gasteiger partial charge in [-0.25, -0.2) is 0 Å². The fraction of sp³-hybridized carbons (Fsp3) is 0.542. The second-order valence-electron chi connectivity index (χ2n) is 9.21. The molecule has 9 heteroatoms. The fourth-order valence-electron chi connectivity index (χ4n) is 4.65. The summed E-state index contributed by atoms with van der Waals surface area (Å²) >= 11 is 0. The van der Waals surface area contributed by atoms with Gasteiger partial charge in [-0.1, -0.05) is 19.9 Å². The summed E-state index contributed by atoms with van der Waals surface area (Å²) in [7, 11) is 1.86. The Bertz CT molecular complexity index is 1020. The highest BCUT2D eigenvalue weighted by Gasteiger charge is 2.34. The molecule has 0 atom stereocenters. The molecule has 0 spiro atoms. The number of likely N-dealkylation sites (tertiary alicyclic amines) is 1. The Morgan fingerprint density at radius 1 is 1.15 bits per heavy atom. The number of amides is 3. The molecule has 2 aromatic rings. The van der Waals surface area contributed by atoms with E-state index in [1.165, 1.54) is 0 Å². The molecule has 1 fully saturated rings. The van der Waals surface area contributed by atoms with E-state index in [1.54, 1.807) is 22.0 Å². The lowest BCUT2D eigenvalue weighted by atomic mass is 9.95. The summed E-state index contributed by atoms with van der Waals surface area (Å²) < 4.78 is 1.78. The van der Waals surface area contributed by atoms with Gasteiger partial charge in [0.1, 0.15) is 0 Å². The predicted octanol–water partition coefficient (Wildman–Crippen LogP) is 1.52. The van der Waals surface area contributed by atoms with E-state index < -0.39 is 0 Å². The molecule has 33 heavy (non-hydrogen) atoms. The Morgan fingerprint density at radius 3 is 2.58 bits per heavy atom. The zero-order chi connectivity index (χ0) is 23.5. The molecule has 4 rings (SSSR count). The highest BCUT2D eigenvalue weighted by Crippen LogP contribution is 2.26. The molecule has 0 unspecified atom stereocenters. The molecule has 9 nitrogen and oxygen atoms in total. The SMILES string of the molecule is CC(C)C(=O)N1CCc2c(c(C(=O)N3CCC(C(=O)NCc4cccnc4)CC3)nn2C)C1. The second-order valence-corrected chi connectivity index (χ2v) is 9.21. The van der Waals surface area contributed by atoms with Crippen molar-refractivity contribution in [3.63, 3.8) is 0 Å². The summed E-state index contributed by atoms with van der Waals surface area (Å²) in [5.41, 5.74) is 3.28. The number of nitrogens with one attached hydrogen (secondary N) is 1. The number of pyridine rings is 1. The molecule has 0 aromatic carbocycles. The number of hydrogen-bond acceptors (Lipinski definition) is 5. The van der Waals surface area contributed by atoms with E-state index in [-0.39, 0.29) is 29.6 Å². The number of carbonyl (C=O) groups excluding carboxylic acids is 3. The lowest BCUT2D eigenvalue weighted by Crippen LogP contribution is -2.43. The Balaban J connectivity index is 1.36. The largest absolute Gasteiger partial charge is 0.352 e.